The fourth-order valence-corrected chi connectivity index (χ4v) is 4.29. The predicted molar refractivity (Wildman–Crippen MR) is 136 cm³/mol. The number of nitrogens with zero attached hydrogens (tertiary/aromatic N) is 1. The minimum absolute atomic E-state index is 0.120. The van der Waals surface area contributed by atoms with Crippen LogP contribution in [0, 0.1) is 0 Å². The van der Waals surface area contributed by atoms with Gasteiger partial charge in [0.2, 0.25) is 0 Å². The van der Waals surface area contributed by atoms with Gasteiger partial charge in [-0.2, -0.15) is 0 Å². The van der Waals surface area contributed by atoms with Crippen molar-refractivity contribution in [1.29, 1.82) is 0 Å². The van der Waals surface area contributed by atoms with Crippen LogP contribution in [0.2, 0.25) is 5.02 Å². The number of ketones is 1. The molecule has 0 bridgehead atoms. The Bertz CT molecular complexity index is 1350. The van der Waals surface area contributed by atoms with Crippen LogP contribution in [0.15, 0.2) is 78.4 Å². The molecule has 1 aliphatic heterocycles. The van der Waals surface area contributed by atoms with E-state index in [0.717, 1.165) is 0 Å². The number of Topliss-reactive ketones (excluding diaryl/α,β-unsaturated/α-hetero) is 1. The van der Waals surface area contributed by atoms with Crippen molar-refractivity contribution in [3.05, 3.63) is 100 Å². The highest BCUT2D eigenvalue weighted by molar-refractivity contribution is 6.51. The van der Waals surface area contributed by atoms with Gasteiger partial charge in [0, 0.05) is 10.7 Å². The predicted octanol–water partition coefficient (Wildman–Crippen LogP) is 5.54. The van der Waals surface area contributed by atoms with Gasteiger partial charge in [-0.3, -0.25) is 14.5 Å². The van der Waals surface area contributed by atoms with Crippen molar-refractivity contribution in [2.24, 2.45) is 0 Å². The molecule has 1 aliphatic rings. The van der Waals surface area contributed by atoms with Gasteiger partial charge < -0.3 is 14.6 Å². The van der Waals surface area contributed by atoms with Crippen LogP contribution in [0.4, 0.5) is 5.69 Å². The molecule has 36 heavy (non-hydrogen) atoms. The van der Waals surface area contributed by atoms with Gasteiger partial charge >= 0.3 is 5.97 Å². The molecule has 1 N–H and O–H groups in total. The lowest BCUT2D eigenvalue weighted by Crippen LogP contribution is -2.29. The van der Waals surface area contributed by atoms with Gasteiger partial charge in [-0.25, -0.2) is 4.79 Å². The molecule has 1 fully saturated rings. The molecule has 1 heterocycles. The third kappa shape index (κ3) is 4.70. The van der Waals surface area contributed by atoms with E-state index >= 15 is 0 Å². The maximum atomic E-state index is 13.4. The SMILES string of the molecule is CCCOC(=O)c1cccc(N2C(=O)C(=O)/C(=C(/O)c3cc(Cl)ccc3OC)C2c2ccccc2)c1. The van der Waals surface area contributed by atoms with Crippen molar-refractivity contribution in [3.63, 3.8) is 0 Å². The topological polar surface area (TPSA) is 93.1 Å². The van der Waals surface area contributed by atoms with Gasteiger partial charge in [0.25, 0.3) is 11.7 Å². The highest BCUT2D eigenvalue weighted by Crippen LogP contribution is 2.43. The lowest BCUT2D eigenvalue weighted by Gasteiger charge is -2.26. The zero-order valence-electron chi connectivity index (χ0n) is 19.7. The fraction of sp³-hybridized carbons (Fsp3) is 0.179. The molecule has 7 nitrogen and oxygen atoms in total. The van der Waals surface area contributed by atoms with Gasteiger partial charge in [0.1, 0.15) is 11.5 Å². The first-order chi connectivity index (χ1) is 17.4. The number of halogens is 1. The summed E-state index contributed by atoms with van der Waals surface area (Å²) >= 11 is 6.16. The molecule has 4 rings (SSSR count). The number of aliphatic hydroxyl groups is 1. The maximum absolute atomic E-state index is 13.4. The van der Waals surface area contributed by atoms with Crippen LogP contribution in [0.3, 0.4) is 0 Å². The Balaban J connectivity index is 1.90. The molecule has 1 unspecified atom stereocenters. The van der Waals surface area contributed by atoms with Gasteiger partial charge in [0.15, 0.2) is 0 Å². The zero-order valence-corrected chi connectivity index (χ0v) is 20.5. The Morgan fingerprint density at radius 2 is 1.78 bits per heavy atom. The lowest BCUT2D eigenvalue weighted by atomic mass is 9.95. The number of methoxy groups -OCH3 is 1. The van der Waals surface area contributed by atoms with Crippen molar-refractivity contribution in [3.8, 4) is 5.75 Å². The number of rotatable bonds is 7. The van der Waals surface area contributed by atoms with Gasteiger partial charge in [-0.1, -0.05) is 54.9 Å². The number of hydrogen-bond acceptors (Lipinski definition) is 6. The second kappa shape index (κ2) is 10.7. The molecule has 3 aromatic rings. The summed E-state index contributed by atoms with van der Waals surface area (Å²) in [4.78, 5) is 40.5. The number of amides is 1. The smallest absolute Gasteiger partial charge is 0.338 e. The maximum Gasteiger partial charge on any atom is 0.338 e. The number of carbonyl (C=O) groups is 3. The third-order valence-electron chi connectivity index (χ3n) is 5.77. The van der Waals surface area contributed by atoms with E-state index < -0.39 is 29.5 Å². The summed E-state index contributed by atoms with van der Waals surface area (Å²) in [5, 5.41) is 11.7. The number of benzene rings is 3. The minimum Gasteiger partial charge on any atom is -0.507 e. The van der Waals surface area contributed by atoms with E-state index in [-0.39, 0.29) is 29.1 Å². The van der Waals surface area contributed by atoms with Crippen LogP contribution in [0.25, 0.3) is 5.76 Å². The van der Waals surface area contributed by atoms with Crippen LogP contribution < -0.4 is 9.64 Å². The molecule has 0 radical (unpaired) electrons. The standard InChI is InChI=1S/C28H24ClNO6/c1-3-14-36-28(34)18-10-7-11-20(15-18)30-24(17-8-5-4-6-9-17)23(26(32)27(30)33)25(31)21-16-19(29)12-13-22(21)35-2/h4-13,15-16,24,31H,3,14H2,1-2H3/b25-23+. The van der Waals surface area contributed by atoms with Crippen molar-refractivity contribution < 1.29 is 29.0 Å². The van der Waals surface area contributed by atoms with Crippen molar-refractivity contribution >= 4 is 40.7 Å². The van der Waals surface area contributed by atoms with E-state index in [0.29, 0.717) is 22.7 Å². The molecule has 0 saturated carbocycles. The first kappa shape index (κ1) is 25.0. The molecule has 1 saturated heterocycles. The Labute approximate surface area is 213 Å². The van der Waals surface area contributed by atoms with Crippen LogP contribution in [-0.2, 0) is 14.3 Å². The van der Waals surface area contributed by atoms with Crippen LogP contribution in [0.1, 0.15) is 40.9 Å². The lowest BCUT2D eigenvalue weighted by molar-refractivity contribution is -0.132. The Kier molecular flexibility index (Phi) is 7.41. The van der Waals surface area contributed by atoms with Gasteiger partial charge in [0.05, 0.1) is 36.5 Å². The van der Waals surface area contributed by atoms with Crippen molar-refractivity contribution in [2.45, 2.75) is 19.4 Å². The third-order valence-corrected chi connectivity index (χ3v) is 6.01. The van der Waals surface area contributed by atoms with Crippen LogP contribution in [-0.4, -0.2) is 36.5 Å². The second-order valence-corrected chi connectivity index (χ2v) is 8.55. The Morgan fingerprint density at radius 1 is 1.03 bits per heavy atom. The summed E-state index contributed by atoms with van der Waals surface area (Å²) in [5.41, 5.74) is 1.21. The van der Waals surface area contributed by atoms with E-state index in [1.807, 2.05) is 6.92 Å². The number of carbonyl (C=O) groups excluding carboxylic acids is 3. The molecule has 8 heteroatoms. The Morgan fingerprint density at radius 3 is 2.47 bits per heavy atom. The molecule has 1 atom stereocenters. The first-order valence-electron chi connectivity index (χ1n) is 11.3. The van der Waals surface area contributed by atoms with Gasteiger partial charge in [-0.05, 0) is 48.4 Å². The number of hydrogen-bond donors (Lipinski definition) is 1. The molecule has 0 aromatic heterocycles. The number of aliphatic hydroxyl groups excluding tert-OH is 1. The summed E-state index contributed by atoms with van der Waals surface area (Å²) in [5.74, 6) is -2.37. The quantitative estimate of drug-likeness (QED) is 0.196. The summed E-state index contributed by atoms with van der Waals surface area (Å²) in [6, 6.07) is 18.8. The second-order valence-electron chi connectivity index (χ2n) is 8.11. The number of anilines is 1. The number of esters is 1. The molecular weight excluding hydrogens is 482 g/mol. The highest BCUT2D eigenvalue weighted by Gasteiger charge is 2.47. The number of ether oxygens (including phenoxy) is 2. The fourth-order valence-electron chi connectivity index (χ4n) is 4.12. The van der Waals surface area contributed by atoms with Gasteiger partial charge in [-0.15, -0.1) is 0 Å². The first-order valence-corrected chi connectivity index (χ1v) is 11.7. The molecule has 184 valence electrons. The van der Waals surface area contributed by atoms with Crippen LogP contribution in [0.5, 0.6) is 5.75 Å². The molecule has 0 spiro atoms. The summed E-state index contributed by atoms with van der Waals surface area (Å²) in [6.45, 7) is 2.15. The van der Waals surface area contributed by atoms with E-state index in [4.69, 9.17) is 21.1 Å². The molecule has 1 amide bonds. The molecular formula is C28H24ClNO6. The largest absolute Gasteiger partial charge is 0.507 e. The summed E-state index contributed by atoms with van der Waals surface area (Å²) in [6.07, 6.45) is 0.668. The van der Waals surface area contributed by atoms with E-state index in [9.17, 15) is 19.5 Å². The normalized spacial score (nSPS) is 16.8. The van der Waals surface area contributed by atoms with E-state index in [2.05, 4.69) is 0 Å². The zero-order chi connectivity index (χ0) is 25.8. The monoisotopic (exact) mass is 505 g/mol. The average molecular weight is 506 g/mol. The molecule has 0 aliphatic carbocycles. The summed E-state index contributed by atoms with van der Waals surface area (Å²) < 4.78 is 10.6. The van der Waals surface area contributed by atoms with Crippen LogP contribution >= 0.6 is 11.6 Å². The average Bonchev–Trinajstić information content (AvgIpc) is 3.17. The van der Waals surface area contributed by atoms with Crippen molar-refractivity contribution in [1.82, 2.24) is 0 Å². The van der Waals surface area contributed by atoms with E-state index in [1.165, 1.54) is 24.1 Å². The Hall–Kier alpha value is -4.10. The molecule has 3 aromatic carbocycles. The minimum atomic E-state index is -0.961. The van der Waals surface area contributed by atoms with E-state index in [1.54, 1.807) is 60.7 Å². The summed E-state index contributed by atoms with van der Waals surface area (Å²) in [7, 11) is 1.43. The van der Waals surface area contributed by atoms with Crippen molar-refractivity contribution in [2.75, 3.05) is 18.6 Å². The highest BCUT2D eigenvalue weighted by atomic mass is 35.5.